The Bertz CT molecular complexity index is 1130. The summed E-state index contributed by atoms with van der Waals surface area (Å²) in [6.45, 7) is 1.83. The Kier molecular flexibility index (Phi) is 6.46. The van der Waals surface area contributed by atoms with Gasteiger partial charge in [0.25, 0.3) is 5.91 Å². The Morgan fingerprint density at radius 2 is 1.79 bits per heavy atom. The molecule has 1 atom stereocenters. The van der Waals surface area contributed by atoms with Gasteiger partial charge in [0.2, 0.25) is 5.91 Å². The van der Waals surface area contributed by atoms with Crippen molar-refractivity contribution in [3.8, 4) is 5.75 Å². The molecule has 3 aromatic rings. The van der Waals surface area contributed by atoms with Crippen LogP contribution in [0.5, 0.6) is 5.75 Å². The Hall–Kier alpha value is -3.65. The molecule has 2 heterocycles. The molecule has 2 aromatic carbocycles. The molecule has 0 aliphatic carbocycles. The molecular weight excluding hydrogens is 438 g/mol. The van der Waals surface area contributed by atoms with E-state index in [1.807, 2.05) is 54.8 Å². The third kappa shape index (κ3) is 4.34. The molecule has 0 radical (unpaired) electrons. The average molecular weight is 464 g/mol. The first-order chi connectivity index (χ1) is 16.0. The number of nitrogens with zero attached hydrogens (tertiary/aromatic N) is 2. The van der Waals surface area contributed by atoms with E-state index in [4.69, 9.17) is 4.74 Å². The van der Waals surface area contributed by atoms with Crippen molar-refractivity contribution in [3.05, 3.63) is 82.6 Å². The van der Waals surface area contributed by atoms with Gasteiger partial charge in [-0.25, -0.2) is 4.79 Å². The second kappa shape index (κ2) is 9.46. The maximum absolute atomic E-state index is 13.4. The number of hydrogen-bond acceptors (Lipinski definition) is 5. The van der Waals surface area contributed by atoms with E-state index in [9.17, 15) is 14.4 Å². The van der Waals surface area contributed by atoms with Crippen molar-refractivity contribution in [2.24, 2.45) is 0 Å². The monoisotopic (exact) mass is 463 g/mol. The van der Waals surface area contributed by atoms with Gasteiger partial charge in [0.05, 0.1) is 13.7 Å². The van der Waals surface area contributed by atoms with Crippen LogP contribution < -0.4 is 15.0 Å². The zero-order valence-electron chi connectivity index (χ0n) is 18.5. The molecule has 1 aliphatic heterocycles. The summed E-state index contributed by atoms with van der Waals surface area (Å²) in [7, 11) is 1.58. The molecule has 1 aliphatic rings. The van der Waals surface area contributed by atoms with Crippen LogP contribution in [0.15, 0.2) is 72.1 Å². The third-order valence-corrected chi connectivity index (χ3v) is 6.71. The minimum absolute atomic E-state index is 0.337. The number of carbonyl (C=O) groups excluding carboxylic acids is 3. The number of methoxy groups -OCH3 is 1. The number of amides is 4. The van der Waals surface area contributed by atoms with E-state index in [0.717, 1.165) is 9.78 Å². The molecule has 4 rings (SSSR count). The third-order valence-electron chi connectivity index (χ3n) is 5.85. The van der Waals surface area contributed by atoms with Gasteiger partial charge in [-0.3, -0.25) is 14.5 Å². The number of ether oxygens (including phenoxy) is 1. The van der Waals surface area contributed by atoms with Gasteiger partial charge in [0, 0.05) is 10.6 Å². The molecule has 0 spiro atoms. The largest absolute Gasteiger partial charge is 0.497 e. The minimum atomic E-state index is -1.17. The zero-order valence-corrected chi connectivity index (χ0v) is 19.3. The summed E-state index contributed by atoms with van der Waals surface area (Å²) in [4.78, 5) is 43.3. The molecule has 33 heavy (non-hydrogen) atoms. The summed E-state index contributed by atoms with van der Waals surface area (Å²) < 4.78 is 5.22. The molecule has 4 amide bonds. The Morgan fingerprint density at radius 1 is 1.06 bits per heavy atom. The minimum Gasteiger partial charge on any atom is -0.497 e. The molecule has 1 aromatic heterocycles. The Morgan fingerprint density at radius 3 is 2.39 bits per heavy atom. The van der Waals surface area contributed by atoms with Crippen LogP contribution in [0, 0.1) is 0 Å². The van der Waals surface area contributed by atoms with E-state index < -0.39 is 17.5 Å². The smallest absolute Gasteiger partial charge is 0.325 e. The first-order valence-corrected chi connectivity index (χ1v) is 11.5. The van der Waals surface area contributed by atoms with Crippen molar-refractivity contribution < 1.29 is 19.1 Å². The lowest BCUT2D eigenvalue weighted by Gasteiger charge is -2.27. The molecule has 0 bridgehead atoms. The molecule has 8 heteroatoms. The fourth-order valence-electron chi connectivity index (χ4n) is 4.00. The predicted molar refractivity (Wildman–Crippen MR) is 127 cm³/mol. The van der Waals surface area contributed by atoms with Gasteiger partial charge < -0.3 is 15.0 Å². The first-order valence-electron chi connectivity index (χ1n) is 10.6. The topological polar surface area (TPSA) is 79.0 Å². The molecule has 1 N–H and O–H groups in total. The zero-order chi connectivity index (χ0) is 23.4. The van der Waals surface area contributed by atoms with Crippen LogP contribution in [0.4, 0.5) is 10.5 Å². The van der Waals surface area contributed by atoms with Gasteiger partial charge >= 0.3 is 6.03 Å². The number of carbonyl (C=O) groups is 3. The van der Waals surface area contributed by atoms with E-state index >= 15 is 0 Å². The lowest BCUT2D eigenvalue weighted by atomic mass is 9.87. The quantitative estimate of drug-likeness (QED) is 0.509. The van der Waals surface area contributed by atoms with Crippen LogP contribution >= 0.6 is 11.3 Å². The van der Waals surface area contributed by atoms with Crippen LogP contribution in [0.2, 0.25) is 0 Å². The first kappa shape index (κ1) is 22.5. The number of rotatable bonds is 8. The van der Waals surface area contributed by atoms with Crippen molar-refractivity contribution in [2.45, 2.75) is 25.4 Å². The number of nitrogens with one attached hydrogen (secondary N) is 1. The van der Waals surface area contributed by atoms with Crippen LogP contribution in [-0.4, -0.2) is 36.4 Å². The fourth-order valence-corrected chi connectivity index (χ4v) is 4.69. The predicted octanol–water partition coefficient (Wildman–Crippen LogP) is 4.15. The van der Waals surface area contributed by atoms with E-state index in [1.165, 1.54) is 11.3 Å². The van der Waals surface area contributed by atoms with Gasteiger partial charge in [0.15, 0.2) is 0 Å². The van der Waals surface area contributed by atoms with Crippen molar-refractivity contribution in [1.82, 2.24) is 10.2 Å². The number of hydrogen-bond donors (Lipinski definition) is 1. The van der Waals surface area contributed by atoms with Gasteiger partial charge in [-0.15, -0.1) is 11.3 Å². The van der Waals surface area contributed by atoms with Crippen molar-refractivity contribution in [3.63, 3.8) is 0 Å². The second-order valence-electron chi connectivity index (χ2n) is 7.70. The highest BCUT2D eigenvalue weighted by molar-refractivity contribution is 7.09. The normalized spacial score (nSPS) is 17.7. The number of imide groups is 1. The molecule has 1 fully saturated rings. The van der Waals surface area contributed by atoms with Crippen molar-refractivity contribution in [2.75, 3.05) is 18.6 Å². The van der Waals surface area contributed by atoms with Gasteiger partial charge in [-0.05, 0) is 47.7 Å². The Balaban J connectivity index is 1.60. The molecule has 1 saturated heterocycles. The summed E-state index contributed by atoms with van der Waals surface area (Å²) in [5, 5.41) is 4.77. The summed E-state index contributed by atoms with van der Waals surface area (Å²) >= 11 is 1.54. The summed E-state index contributed by atoms with van der Waals surface area (Å²) in [5.74, 6) is -0.0932. The molecular formula is C25H25N3O4S. The molecule has 0 saturated carbocycles. The van der Waals surface area contributed by atoms with Crippen molar-refractivity contribution >= 4 is 34.9 Å². The standard InChI is InChI=1S/C25H25N3O4S/c1-3-25(18-8-5-4-6-9-18)23(30)28(24(31)26-25)17-22(29)27(16-21-10-7-15-33-21)19-11-13-20(32-2)14-12-19/h4-15H,3,16-17H2,1-2H3,(H,26,31). The lowest BCUT2D eigenvalue weighted by molar-refractivity contribution is -0.134. The van der Waals surface area contributed by atoms with Crippen LogP contribution in [-0.2, 0) is 21.7 Å². The second-order valence-corrected chi connectivity index (χ2v) is 8.74. The highest BCUT2D eigenvalue weighted by Crippen LogP contribution is 2.32. The van der Waals surface area contributed by atoms with Crippen LogP contribution in [0.25, 0.3) is 0 Å². The molecule has 7 nitrogen and oxygen atoms in total. The summed E-state index contributed by atoms with van der Waals surface area (Å²) in [6, 6.07) is 19.6. The molecule has 170 valence electrons. The van der Waals surface area contributed by atoms with E-state index in [0.29, 0.717) is 30.0 Å². The van der Waals surface area contributed by atoms with E-state index in [-0.39, 0.29) is 12.5 Å². The van der Waals surface area contributed by atoms with Gasteiger partial charge in [0.1, 0.15) is 17.8 Å². The maximum atomic E-state index is 13.4. The highest BCUT2D eigenvalue weighted by Gasteiger charge is 2.51. The van der Waals surface area contributed by atoms with E-state index in [2.05, 4.69) is 5.32 Å². The number of anilines is 1. The van der Waals surface area contributed by atoms with Crippen LogP contribution in [0.3, 0.4) is 0 Å². The molecule has 1 unspecified atom stereocenters. The Labute approximate surface area is 196 Å². The average Bonchev–Trinajstić information content (AvgIpc) is 3.45. The number of thiophene rings is 1. The summed E-state index contributed by atoms with van der Waals surface area (Å²) in [6.07, 6.45) is 0.379. The lowest BCUT2D eigenvalue weighted by Crippen LogP contribution is -2.45. The summed E-state index contributed by atoms with van der Waals surface area (Å²) in [5.41, 5.74) is 0.189. The maximum Gasteiger partial charge on any atom is 0.325 e. The fraction of sp³-hybridized carbons (Fsp3) is 0.240. The highest BCUT2D eigenvalue weighted by atomic mass is 32.1. The van der Waals surface area contributed by atoms with Gasteiger partial charge in [-0.2, -0.15) is 0 Å². The number of urea groups is 1. The van der Waals surface area contributed by atoms with Crippen LogP contribution in [0.1, 0.15) is 23.8 Å². The SMILES string of the molecule is CCC1(c2ccccc2)NC(=O)N(CC(=O)N(Cc2cccs2)c2ccc(OC)cc2)C1=O. The van der Waals surface area contributed by atoms with E-state index in [1.54, 1.807) is 36.3 Å². The van der Waals surface area contributed by atoms with Gasteiger partial charge in [-0.1, -0.05) is 43.3 Å². The van der Waals surface area contributed by atoms with Crippen molar-refractivity contribution in [1.29, 1.82) is 0 Å². The number of benzene rings is 2.